The van der Waals surface area contributed by atoms with Crippen molar-refractivity contribution in [2.45, 2.75) is 19.4 Å². The first kappa shape index (κ1) is 15.1. The van der Waals surface area contributed by atoms with Crippen molar-refractivity contribution in [3.8, 4) is 5.75 Å². The first-order valence-corrected chi connectivity index (χ1v) is 6.45. The Morgan fingerprint density at radius 1 is 1.24 bits per heavy atom. The van der Waals surface area contributed by atoms with Crippen LogP contribution in [0.2, 0.25) is 5.15 Å². The number of nitrogens with one attached hydrogen (secondary N) is 1. The highest BCUT2D eigenvalue weighted by Crippen LogP contribution is 2.31. The molecule has 0 radical (unpaired) electrons. The molecule has 3 N–H and O–H groups in total. The number of pyridine rings is 1. The van der Waals surface area contributed by atoms with Gasteiger partial charge in [-0.05, 0) is 13.8 Å². The number of benzene rings is 1. The Morgan fingerprint density at radius 3 is 2.38 bits per heavy atom. The van der Waals surface area contributed by atoms with E-state index in [-0.39, 0.29) is 16.6 Å². The van der Waals surface area contributed by atoms with E-state index in [0.717, 1.165) is 0 Å². The number of carboxylic acids is 1. The summed E-state index contributed by atoms with van der Waals surface area (Å²) < 4.78 is 0. The van der Waals surface area contributed by atoms with Gasteiger partial charge in [0.1, 0.15) is 10.7 Å². The van der Waals surface area contributed by atoms with E-state index in [1.54, 1.807) is 24.3 Å². The summed E-state index contributed by atoms with van der Waals surface area (Å²) in [6, 6.07) is 6.66. The third kappa shape index (κ3) is 2.75. The zero-order chi connectivity index (χ0) is 15.8. The molecule has 0 atom stereocenters. The van der Waals surface area contributed by atoms with Crippen LogP contribution in [0.15, 0.2) is 24.3 Å². The van der Waals surface area contributed by atoms with Gasteiger partial charge in [0.05, 0.1) is 0 Å². The van der Waals surface area contributed by atoms with Gasteiger partial charge in [-0.25, -0.2) is 9.78 Å². The SMILES string of the molecule is CC(C)(NC(=O)c1nc(Cl)c2ccccc2c1O)C(=O)O. The van der Waals surface area contributed by atoms with Gasteiger partial charge in [0.2, 0.25) is 0 Å². The molecule has 6 nitrogen and oxygen atoms in total. The molecule has 1 heterocycles. The molecular formula is C14H13ClN2O4. The molecule has 0 aliphatic carbocycles. The van der Waals surface area contributed by atoms with Crippen molar-refractivity contribution in [1.29, 1.82) is 0 Å². The number of rotatable bonds is 3. The molecule has 0 bridgehead atoms. The fourth-order valence-corrected chi connectivity index (χ4v) is 2.01. The molecule has 110 valence electrons. The predicted molar refractivity (Wildman–Crippen MR) is 77.6 cm³/mol. The van der Waals surface area contributed by atoms with Gasteiger partial charge < -0.3 is 15.5 Å². The maximum absolute atomic E-state index is 12.1. The van der Waals surface area contributed by atoms with Crippen LogP contribution in [0.4, 0.5) is 0 Å². The van der Waals surface area contributed by atoms with Gasteiger partial charge in [-0.2, -0.15) is 0 Å². The Balaban J connectivity index is 2.50. The summed E-state index contributed by atoms with van der Waals surface area (Å²) in [5, 5.41) is 22.4. The molecule has 2 rings (SSSR count). The van der Waals surface area contributed by atoms with Crippen molar-refractivity contribution < 1.29 is 19.8 Å². The van der Waals surface area contributed by atoms with Crippen LogP contribution >= 0.6 is 11.6 Å². The Hall–Kier alpha value is -2.34. The summed E-state index contributed by atoms with van der Waals surface area (Å²) in [5.74, 6) is -2.36. The lowest BCUT2D eigenvalue weighted by Crippen LogP contribution is -2.49. The summed E-state index contributed by atoms with van der Waals surface area (Å²) in [7, 11) is 0. The number of amides is 1. The summed E-state index contributed by atoms with van der Waals surface area (Å²) in [6.45, 7) is 2.65. The number of hydrogen-bond donors (Lipinski definition) is 3. The lowest BCUT2D eigenvalue weighted by Gasteiger charge is -2.21. The molecule has 1 aromatic carbocycles. The van der Waals surface area contributed by atoms with Crippen molar-refractivity contribution in [2.24, 2.45) is 0 Å². The monoisotopic (exact) mass is 308 g/mol. The van der Waals surface area contributed by atoms with Gasteiger partial charge in [0.15, 0.2) is 11.4 Å². The molecule has 1 aromatic heterocycles. The van der Waals surface area contributed by atoms with Gasteiger partial charge in [0, 0.05) is 10.8 Å². The van der Waals surface area contributed by atoms with Crippen molar-refractivity contribution >= 4 is 34.2 Å². The molecule has 21 heavy (non-hydrogen) atoms. The highest BCUT2D eigenvalue weighted by atomic mass is 35.5. The predicted octanol–water partition coefficient (Wildman–Crippen LogP) is 2.19. The Bertz CT molecular complexity index is 743. The quantitative estimate of drug-likeness (QED) is 0.755. The van der Waals surface area contributed by atoms with Gasteiger partial charge in [-0.1, -0.05) is 35.9 Å². The van der Waals surface area contributed by atoms with E-state index in [2.05, 4.69) is 10.3 Å². The molecule has 0 saturated carbocycles. The number of aliphatic carboxylic acids is 1. The van der Waals surface area contributed by atoms with Crippen LogP contribution in [0.5, 0.6) is 5.75 Å². The zero-order valence-electron chi connectivity index (χ0n) is 11.3. The lowest BCUT2D eigenvalue weighted by atomic mass is 10.1. The second-order valence-corrected chi connectivity index (χ2v) is 5.39. The van der Waals surface area contributed by atoms with Crippen molar-refractivity contribution in [2.75, 3.05) is 0 Å². The Kier molecular flexibility index (Phi) is 3.74. The van der Waals surface area contributed by atoms with Gasteiger partial charge in [-0.3, -0.25) is 4.79 Å². The van der Waals surface area contributed by atoms with Crippen molar-refractivity contribution in [1.82, 2.24) is 10.3 Å². The first-order chi connectivity index (χ1) is 9.74. The standard InChI is InChI=1S/C14H13ClN2O4/c1-14(2,13(20)21)17-12(19)9-10(18)7-5-3-4-6-8(7)11(15)16-9/h3-6,18H,1-2H3,(H,17,19)(H,20,21). The number of carbonyl (C=O) groups excluding carboxylic acids is 1. The van der Waals surface area contributed by atoms with Gasteiger partial charge in [-0.15, -0.1) is 0 Å². The highest BCUT2D eigenvalue weighted by Gasteiger charge is 2.31. The normalized spacial score (nSPS) is 11.4. The van der Waals surface area contributed by atoms with Crippen LogP contribution < -0.4 is 5.32 Å². The largest absolute Gasteiger partial charge is 0.505 e. The van der Waals surface area contributed by atoms with Gasteiger partial charge in [0.25, 0.3) is 5.91 Å². The molecule has 0 aliphatic rings. The number of halogens is 1. The minimum Gasteiger partial charge on any atom is -0.505 e. The second-order valence-electron chi connectivity index (χ2n) is 5.03. The molecule has 2 aromatic rings. The maximum Gasteiger partial charge on any atom is 0.328 e. The lowest BCUT2D eigenvalue weighted by molar-refractivity contribution is -0.143. The summed E-state index contributed by atoms with van der Waals surface area (Å²) in [4.78, 5) is 27.0. The topological polar surface area (TPSA) is 99.5 Å². The number of carboxylic acid groups (broad SMARTS) is 1. The summed E-state index contributed by atoms with van der Waals surface area (Å²) in [6.07, 6.45) is 0. The zero-order valence-corrected chi connectivity index (χ0v) is 12.1. The number of fused-ring (bicyclic) bond motifs is 1. The van der Waals surface area contributed by atoms with Crippen molar-refractivity contribution in [3.05, 3.63) is 35.1 Å². The van der Waals surface area contributed by atoms with E-state index in [0.29, 0.717) is 10.8 Å². The van der Waals surface area contributed by atoms with E-state index in [1.807, 2.05) is 0 Å². The van der Waals surface area contributed by atoms with E-state index < -0.39 is 17.4 Å². The average Bonchev–Trinajstić information content (AvgIpc) is 2.42. The minimum absolute atomic E-state index is 0.0571. The van der Waals surface area contributed by atoms with Crippen LogP contribution in [0.3, 0.4) is 0 Å². The summed E-state index contributed by atoms with van der Waals surface area (Å²) in [5.41, 5.74) is -1.81. The fourth-order valence-electron chi connectivity index (χ4n) is 1.76. The molecule has 1 amide bonds. The Labute approximate surface area is 125 Å². The summed E-state index contributed by atoms with van der Waals surface area (Å²) >= 11 is 5.99. The molecule has 0 unspecified atom stereocenters. The number of hydrogen-bond acceptors (Lipinski definition) is 4. The minimum atomic E-state index is -1.50. The van der Waals surface area contributed by atoms with Crippen molar-refractivity contribution in [3.63, 3.8) is 0 Å². The number of nitrogens with zero attached hydrogens (tertiary/aromatic N) is 1. The number of aromatic nitrogens is 1. The molecule has 7 heteroatoms. The van der Waals surface area contributed by atoms with Crippen LogP contribution in [0.1, 0.15) is 24.3 Å². The highest BCUT2D eigenvalue weighted by molar-refractivity contribution is 6.34. The number of carbonyl (C=O) groups is 2. The van der Waals surface area contributed by atoms with E-state index in [4.69, 9.17) is 16.7 Å². The molecule has 0 spiro atoms. The van der Waals surface area contributed by atoms with Gasteiger partial charge >= 0.3 is 5.97 Å². The Morgan fingerprint density at radius 2 is 1.81 bits per heavy atom. The molecule has 0 saturated heterocycles. The van der Waals surface area contributed by atoms with Crippen LogP contribution in [0, 0.1) is 0 Å². The molecular weight excluding hydrogens is 296 g/mol. The smallest absolute Gasteiger partial charge is 0.328 e. The third-order valence-corrected chi connectivity index (χ3v) is 3.30. The van der Waals surface area contributed by atoms with Crippen LogP contribution in [0.25, 0.3) is 10.8 Å². The molecule has 0 aliphatic heterocycles. The van der Waals surface area contributed by atoms with Crippen LogP contribution in [-0.4, -0.2) is 32.6 Å². The van der Waals surface area contributed by atoms with E-state index >= 15 is 0 Å². The second kappa shape index (κ2) is 5.21. The van der Waals surface area contributed by atoms with E-state index in [9.17, 15) is 14.7 Å². The maximum atomic E-state index is 12.1. The number of aromatic hydroxyl groups is 1. The average molecular weight is 309 g/mol. The molecule has 0 fully saturated rings. The third-order valence-electron chi connectivity index (χ3n) is 3.01. The van der Waals surface area contributed by atoms with E-state index in [1.165, 1.54) is 13.8 Å². The first-order valence-electron chi connectivity index (χ1n) is 6.07. The fraction of sp³-hybridized carbons (Fsp3) is 0.214. The van der Waals surface area contributed by atoms with Crippen LogP contribution in [-0.2, 0) is 4.79 Å².